The first kappa shape index (κ1) is 19.5. The van der Waals surface area contributed by atoms with Crippen LogP contribution in [0.2, 0.25) is 5.02 Å². The Balaban J connectivity index is 1.64. The van der Waals surface area contributed by atoms with Crippen LogP contribution in [-0.2, 0) is 9.59 Å². The van der Waals surface area contributed by atoms with Crippen molar-refractivity contribution in [1.82, 2.24) is 0 Å². The molecular formula is C20H14ClNO3S3. The van der Waals surface area contributed by atoms with Crippen molar-refractivity contribution in [2.75, 3.05) is 11.9 Å². The van der Waals surface area contributed by atoms with Crippen LogP contribution in [0.4, 0.5) is 11.4 Å². The molecular weight excluding hydrogens is 434 g/mol. The van der Waals surface area contributed by atoms with Crippen LogP contribution in [-0.4, -0.2) is 28.1 Å². The van der Waals surface area contributed by atoms with Gasteiger partial charge in [-0.1, -0.05) is 53.4 Å². The number of hydrogen-bond acceptors (Lipinski definition) is 6. The van der Waals surface area contributed by atoms with Gasteiger partial charge in [0.2, 0.25) is 0 Å². The number of benzene rings is 2. The highest BCUT2D eigenvalue weighted by Gasteiger charge is 2.36. The quantitative estimate of drug-likeness (QED) is 0.482. The number of hydrogen-bond donors (Lipinski definition) is 1. The Morgan fingerprint density at radius 3 is 2.75 bits per heavy atom. The molecule has 1 fully saturated rings. The molecule has 2 heterocycles. The lowest BCUT2D eigenvalue weighted by Gasteiger charge is -2.29. The van der Waals surface area contributed by atoms with E-state index in [0.29, 0.717) is 14.1 Å². The highest BCUT2D eigenvalue weighted by atomic mass is 35.5. The van der Waals surface area contributed by atoms with E-state index in [2.05, 4.69) is 4.90 Å². The molecule has 0 saturated carbocycles. The molecule has 2 aliphatic rings. The lowest BCUT2D eigenvalue weighted by atomic mass is 10.0. The van der Waals surface area contributed by atoms with Gasteiger partial charge in [0.1, 0.15) is 0 Å². The first-order valence-corrected chi connectivity index (χ1v) is 10.8. The minimum atomic E-state index is -1.02. The third kappa shape index (κ3) is 3.59. The molecule has 1 N–H and O–H groups in total. The SMILES string of the molecule is CN1c2ccc(/C=C3/SC(=S)C(CC(=O)O)C3=O)cc2Sc2ccc(Cl)cc21. The molecule has 142 valence electrons. The van der Waals surface area contributed by atoms with Gasteiger partial charge in [-0.15, -0.1) is 0 Å². The molecule has 0 aliphatic carbocycles. The van der Waals surface area contributed by atoms with Crippen molar-refractivity contribution >= 4 is 80.7 Å². The van der Waals surface area contributed by atoms with Gasteiger partial charge in [0.25, 0.3) is 0 Å². The van der Waals surface area contributed by atoms with E-state index < -0.39 is 11.9 Å². The van der Waals surface area contributed by atoms with E-state index in [0.717, 1.165) is 26.7 Å². The van der Waals surface area contributed by atoms with Crippen LogP contribution in [0, 0.1) is 5.92 Å². The van der Waals surface area contributed by atoms with Gasteiger partial charge in [0.15, 0.2) is 5.78 Å². The Kier molecular flexibility index (Phi) is 5.26. The number of Topliss-reactive ketones (excluding diaryl/α,β-unsaturated/α-hetero) is 1. The second kappa shape index (κ2) is 7.55. The number of carbonyl (C=O) groups is 2. The van der Waals surface area contributed by atoms with E-state index in [1.165, 1.54) is 11.8 Å². The van der Waals surface area contributed by atoms with Gasteiger partial charge in [-0.3, -0.25) is 9.59 Å². The summed E-state index contributed by atoms with van der Waals surface area (Å²) in [6, 6.07) is 11.8. The van der Waals surface area contributed by atoms with Gasteiger partial charge in [0.05, 0.1) is 32.8 Å². The summed E-state index contributed by atoms with van der Waals surface area (Å²) in [6.45, 7) is 0. The molecule has 0 spiro atoms. The summed E-state index contributed by atoms with van der Waals surface area (Å²) in [5.74, 6) is -1.95. The van der Waals surface area contributed by atoms with Crippen LogP contribution in [0.1, 0.15) is 12.0 Å². The van der Waals surface area contributed by atoms with Crippen molar-refractivity contribution in [3.8, 4) is 0 Å². The lowest BCUT2D eigenvalue weighted by Crippen LogP contribution is -2.17. The number of thioether (sulfide) groups is 1. The third-order valence-corrected chi connectivity index (χ3v) is 7.48. The first-order valence-electron chi connectivity index (χ1n) is 8.38. The number of rotatable bonds is 3. The highest BCUT2D eigenvalue weighted by molar-refractivity contribution is 8.27. The zero-order valence-corrected chi connectivity index (χ0v) is 17.8. The lowest BCUT2D eigenvalue weighted by molar-refractivity contribution is -0.139. The summed E-state index contributed by atoms with van der Waals surface area (Å²) in [5.41, 5.74) is 3.00. The van der Waals surface area contributed by atoms with Crippen LogP contribution in [0.25, 0.3) is 6.08 Å². The molecule has 2 aliphatic heterocycles. The topological polar surface area (TPSA) is 57.6 Å². The number of carboxylic acid groups (broad SMARTS) is 1. The van der Waals surface area contributed by atoms with Crippen LogP contribution >= 0.6 is 47.3 Å². The van der Waals surface area contributed by atoms with Crippen molar-refractivity contribution < 1.29 is 14.7 Å². The van der Waals surface area contributed by atoms with Crippen molar-refractivity contribution in [2.45, 2.75) is 16.2 Å². The fraction of sp³-hybridized carbons (Fsp3) is 0.150. The average Bonchev–Trinajstić information content (AvgIpc) is 2.89. The molecule has 2 aromatic rings. The Bertz CT molecular complexity index is 1070. The molecule has 1 unspecified atom stereocenters. The molecule has 4 rings (SSSR count). The number of ketones is 1. The summed E-state index contributed by atoms with van der Waals surface area (Å²) in [6.07, 6.45) is 1.53. The number of thiocarbonyl (C=S) groups is 1. The number of halogens is 1. The van der Waals surface area contributed by atoms with E-state index >= 15 is 0 Å². The number of carboxylic acids is 1. The van der Waals surface area contributed by atoms with Crippen molar-refractivity contribution in [3.63, 3.8) is 0 Å². The van der Waals surface area contributed by atoms with Gasteiger partial charge in [-0.05, 0) is 42.0 Å². The molecule has 0 aromatic heterocycles. The van der Waals surface area contributed by atoms with Crippen molar-refractivity contribution in [3.05, 3.63) is 51.9 Å². The van der Waals surface area contributed by atoms with Crippen LogP contribution in [0.3, 0.4) is 0 Å². The van der Waals surface area contributed by atoms with Crippen molar-refractivity contribution in [1.29, 1.82) is 0 Å². The molecule has 2 aromatic carbocycles. The van der Waals surface area contributed by atoms with Crippen LogP contribution in [0.5, 0.6) is 0 Å². The standard InChI is InChI=1S/C20H14ClNO3S3/c1-22-13-4-2-10(6-16(13)27-15-5-3-11(21)8-14(15)22)7-17-19(25)12(9-18(23)24)20(26)28-17/h2-8,12H,9H2,1H3,(H,23,24)/b17-7+. The summed E-state index contributed by atoms with van der Waals surface area (Å²) in [5, 5.41) is 9.68. The minimum Gasteiger partial charge on any atom is -0.481 e. The fourth-order valence-electron chi connectivity index (χ4n) is 3.18. The molecule has 1 saturated heterocycles. The molecule has 0 radical (unpaired) electrons. The van der Waals surface area contributed by atoms with Gasteiger partial charge in [-0.25, -0.2) is 0 Å². The second-order valence-corrected chi connectivity index (χ2v) is 9.75. The third-order valence-electron chi connectivity index (χ3n) is 4.58. The highest BCUT2D eigenvalue weighted by Crippen LogP contribution is 2.48. The van der Waals surface area contributed by atoms with Gasteiger partial charge >= 0.3 is 5.97 Å². The predicted molar refractivity (Wildman–Crippen MR) is 119 cm³/mol. The smallest absolute Gasteiger partial charge is 0.304 e. The number of anilines is 2. The Labute approximate surface area is 180 Å². The summed E-state index contributed by atoms with van der Waals surface area (Å²) >= 11 is 14.2. The van der Waals surface area contributed by atoms with E-state index in [1.54, 1.807) is 17.8 Å². The fourth-order valence-corrected chi connectivity index (χ4v) is 5.97. The molecule has 8 heteroatoms. The summed E-state index contributed by atoms with van der Waals surface area (Å²) in [4.78, 5) is 28.3. The maximum absolute atomic E-state index is 12.5. The maximum atomic E-state index is 12.5. The van der Waals surface area contributed by atoms with Crippen molar-refractivity contribution in [2.24, 2.45) is 5.92 Å². The Hall–Kier alpha value is -1.80. The molecule has 0 amide bonds. The second-order valence-electron chi connectivity index (χ2n) is 6.44. The molecule has 1 atom stereocenters. The molecule has 28 heavy (non-hydrogen) atoms. The van der Waals surface area contributed by atoms with Gasteiger partial charge in [0, 0.05) is 21.9 Å². The van der Waals surface area contributed by atoms with E-state index in [1.807, 2.05) is 43.4 Å². The predicted octanol–water partition coefficient (Wildman–Crippen LogP) is 5.65. The van der Waals surface area contributed by atoms with E-state index in [4.69, 9.17) is 28.9 Å². The summed E-state index contributed by atoms with van der Waals surface area (Å²) < 4.78 is 0.427. The summed E-state index contributed by atoms with van der Waals surface area (Å²) in [7, 11) is 2.00. The monoisotopic (exact) mass is 447 g/mol. The van der Waals surface area contributed by atoms with Gasteiger partial charge < -0.3 is 10.0 Å². The molecule has 0 bridgehead atoms. The zero-order valence-electron chi connectivity index (χ0n) is 14.6. The maximum Gasteiger partial charge on any atom is 0.304 e. The number of fused-ring (bicyclic) bond motifs is 2. The average molecular weight is 448 g/mol. The van der Waals surface area contributed by atoms with E-state index in [-0.39, 0.29) is 12.2 Å². The minimum absolute atomic E-state index is 0.208. The Morgan fingerprint density at radius 2 is 2.00 bits per heavy atom. The zero-order chi connectivity index (χ0) is 20.0. The van der Waals surface area contributed by atoms with Crippen LogP contribution < -0.4 is 4.90 Å². The normalized spacial score (nSPS) is 19.7. The first-order chi connectivity index (χ1) is 13.3. The number of nitrogens with zero attached hydrogens (tertiary/aromatic N) is 1. The van der Waals surface area contributed by atoms with Gasteiger partial charge in [-0.2, -0.15) is 0 Å². The van der Waals surface area contributed by atoms with E-state index in [9.17, 15) is 9.59 Å². The van der Waals surface area contributed by atoms with Crippen LogP contribution in [0.15, 0.2) is 51.1 Å². The number of carbonyl (C=O) groups excluding carboxylic acids is 1. The molecule has 4 nitrogen and oxygen atoms in total. The number of aliphatic carboxylic acids is 1. The number of allylic oxidation sites excluding steroid dienone is 1. The Morgan fingerprint density at radius 1 is 1.21 bits per heavy atom. The largest absolute Gasteiger partial charge is 0.481 e.